The number of carbonyl (C=O) groups excluding carboxylic acids is 1. The van der Waals surface area contributed by atoms with Crippen LogP contribution in [0.4, 0.5) is 0 Å². The molecule has 140 valence electrons. The summed E-state index contributed by atoms with van der Waals surface area (Å²) in [5.74, 6) is 1.16. The Labute approximate surface area is 166 Å². The first-order chi connectivity index (χ1) is 13.1. The molecule has 27 heavy (non-hydrogen) atoms. The molecule has 1 aromatic heterocycles. The van der Waals surface area contributed by atoms with Crippen molar-refractivity contribution >= 4 is 29.3 Å². The largest absolute Gasteiger partial charge is 0.497 e. The lowest BCUT2D eigenvalue weighted by Crippen LogP contribution is -2.28. The van der Waals surface area contributed by atoms with E-state index in [1.807, 2.05) is 49.4 Å². The number of aromatic nitrogens is 2. The number of amides is 1. The van der Waals surface area contributed by atoms with Crippen LogP contribution in [0.25, 0.3) is 11.5 Å². The van der Waals surface area contributed by atoms with Crippen LogP contribution in [-0.4, -0.2) is 29.0 Å². The van der Waals surface area contributed by atoms with Crippen molar-refractivity contribution in [3.05, 3.63) is 59.1 Å². The van der Waals surface area contributed by atoms with Gasteiger partial charge in [0.05, 0.1) is 18.9 Å². The number of hydrogen-bond donors (Lipinski definition) is 1. The first-order valence-electron chi connectivity index (χ1n) is 8.21. The van der Waals surface area contributed by atoms with Gasteiger partial charge in [0.1, 0.15) is 5.75 Å². The van der Waals surface area contributed by atoms with Gasteiger partial charge in [-0.3, -0.25) is 4.79 Å². The van der Waals surface area contributed by atoms with Gasteiger partial charge in [-0.05, 0) is 42.8 Å². The number of rotatable bonds is 7. The maximum absolute atomic E-state index is 12.2. The van der Waals surface area contributed by atoms with E-state index in [2.05, 4.69) is 15.5 Å². The quantitative estimate of drug-likeness (QED) is 0.590. The van der Waals surface area contributed by atoms with Crippen molar-refractivity contribution < 1.29 is 13.9 Å². The van der Waals surface area contributed by atoms with Gasteiger partial charge < -0.3 is 14.5 Å². The molecule has 1 N–H and O–H groups in total. The molecule has 3 rings (SSSR count). The monoisotopic (exact) mass is 403 g/mol. The van der Waals surface area contributed by atoms with E-state index in [1.165, 1.54) is 11.8 Å². The molecule has 0 saturated heterocycles. The van der Waals surface area contributed by atoms with Crippen molar-refractivity contribution in [2.24, 2.45) is 0 Å². The lowest BCUT2D eigenvalue weighted by molar-refractivity contribution is -0.119. The molecule has 1 amide bonds. The number of methoxy groups -OCH3 is 1. The highest BCUT2D eigenvalue weighted by atomic mass is 35.5. The zero-order chi connectivity index (χ0) is 19.2. The Kier molecular flexibility index (Phi) is 6.36. The second-order valence-corrected chi connectivity index (χ2v) is 7.03. The molecule has 0 aliphatic carbocycles. The number of hydrogen-bond acceptors (Lipinski definition) is 6. The van der Waals surface area contributed by atoms with Gasteiger partial charge in [-0.15, -0.1) is 10.2 Å². The molecule has 0 radical (unpaired) electrons. The Morgan fingerprint density at radius 3 is 2.67 bits per heavy atom. The summed E-state index contributed by atoms with van der Waals surface area (Å²) in [6, 6.07) is 14.5. The number of nitrogens with one attached hydrogen (secondary N) is 1. The van der Waals surface area contributed by atoms with E-state index in [1.54, 1.807) is 13.2 Å². The van der Waals surface area contributed by atoms with Crippen molar-refractivity contribution in [1.82, 2.24) is 15.5 Å². The van der Waals surface area contributed by atoms with Gasteiger partial charge >= 0.3 is 0 Å². The van der Waals surface area contributed by atoms with E-state index in [0.29, 0.717) is 16.1 Å². The van der Waals surface area contributed by atoms with Gasteiger partial charge in [0, 0.05) is 10.6 Å². The minimum absolute atomic E-state index is 0.142. The lowest BCUT2D eigenvalue weighted by Gasteiger charge is -2.15. The smallest absolute Gasteiger partial charge is 0.277 e. The Bertz CT molecular complexity index is 915. The van der Waals surface area contributed by atoms with Crippen LogP contribution in [0, 0.1) is 0 Å². The number of carbonyl (C=O) groups is 1. The van der Waals surface area contributed by atoms with Crippen molar-refractivity contribution in [3.63, 3.8) is 0 Å². The summed E-state index contributed by atoms with van der Waals surface area (Å²) in [7, 11) is 1.61. The fraction of sp³-hybridized carbons (Fsp3) is 0.211. The average Bonchev–Trinajstić information content (AvgIpc) is 3.16. The summed E-state index contributed by atoms with van der Waals surface area (Å²) < 4.78 is 10.7. The van der Waals surface area contributed by atoms with Crippen LogP contribution in [-0.2, 0) is 4.79 Å². The fourth-order valence-corrected chi connectivity index (χ4v) is 3.31. The van der Waals surface area contributed by atoms with Crippen molar-refractivity contribution in [2.45, 2.75) is 18.2 Å². The topological polar surface area (TPSA) is 77.2 Å². The Hall–Kier alpha value is -2.51. The Morgan fingerprint density at radius 2 is 1.96 bits per heavy atom. The molecule has 3 aromatic rings. The molecule has 1 heterocycles. The van der Waals surface area contributed by atoms with Gasteiger partial charge in [-0.25, -0.2) is 0 Å². The Balaban J connectivity index is 1.55. The van der Waals surface area contributed by atoms with Crippen LogP contribution in [0.3, 0.4) is 0 Å². The molecule has 0 saturated carbocycles. The summed E-state index contributed by atoms with van der Waals surface area (Å²) in [6.07, 6.45) is 0. The number of benzene rings is 2. The molecule has 0 spiro atoms. The second kappa shape index (κ2) is 8.92. The van der Waals surface area contributed by atoms with Crippen LogP contribution in [0.1, 0.15) is 18.5 Å². The van der Waals surface area contributed by atoms with Crippen LogP contribution in [0.15, 0.2) is 58.2 Å². The van der Waals surface area contributed by atoms with E-state index in [9.17, 15) is 4.79 Å². The summed E-state index contributed by atoms with van der Waals surface area (Å²) in [4.78, 5) is 12.2. The molecule has 6 nitrogen and oxygen atoms in total. The van der Waals surface area contributed by atoms with Crippen molar-refractivity contribution in [2.75, 3.05) is 12.9 Å². The maximum atomic E-state index is 12.2. The van der Waals surface area contributed by atoms with Gasteiger partial charge in [0.2, 0.25) is 11.8 Å². The van der Waals surface area contributed by atoms with Gasteiger partial charge in [-0.2, -0.15) is 0 Å². The molecule has 0 aliphatic rings. The number of halogens is 1. The zero-order valence-electron chi connectivity index (χ0n) is 14.8. The molecule has 0 unspecified atom stereocenters. The van der Waals surface area contributed by atoms with Crippen LogP contribution in [0.5, 0.6) is 5.75 Å². The summed E-state index contributed by atoms with van der Waals surface area (Å²) >= 11 is 7.34. The third-order valence-corrected chi connectivity index (χ3v) is 4.98. The van der Waals surface area contributed by atoms with Crippen LogP contribution in [0.2, 0.25) is 5.02 Å². The van der Waals surface area contributed by atoms with Gasteiger partial charge in [-0.1, -0.05) is 41.6 Å². The normalized spacial score (nSPS) is 11.8. The van der Waals surface area contributed by atoms with E-state index in [-0.39, 0.29) is 17.7 Å². The van der Waals surface area contributed by atoms with E-state index < -0.39 is 0 Å². The van der Waals surface area contributed by atoms with Gasteiger partial charge in [0.15, 0.2) is 0 Å². The van der Waals surface area contributed by atoms with E-state index in [0.717, 1.165) is 16.9 Å². The van der Waals surface area contributed by atoms with Crippen molar-refractivity contribution in [3.8, 4) is 17.2 Å². The fourth-order valence-electron chi connectivity index (χ4n) is 2.43. The molecule has 0 bridgehead atoms. The molecule has 2 aromatic carbocycles. The predicted molar refractivity (Wildman–Crippen MR) is 105 cm³/mol. The minimum atomic E-state index is -0.190. The van der Waals surface area contributed by atoms with E-state index in [4.69, 9.17) is 20.8 Å². The SMILES string of the molecule is COc1ccc(-c2nnc(SCC(=O)N[C@H](C)c3ccccc3Cl)o2)cc1. The van der Waals surface area contributed by atoms with Gasteiger partial charge in [0.25, 0.3) is 5.22 Å². The van der Waals surface area contributed by atoms with Crippen molar-refractivity contribution in [1.29, 1.82) is 0 Å². The molecule has 0 fully saturated rings. The molecule has 8 heteroatoms. The Morgan fingerprint density at radius 1 is 1.22 bits per heavy atom. The predicted octanol–water partition coefficient (Wildman–Crippen LogP) is 4.37. The number of ether oxygens (including phenoxy) is 1. The van der Waals surface area contributed by atoms with Crippen LogP contribution >= 0.6 is 23.4 Å². The maximum Gasteiger partial charge on any atom is 0.277 e. The standard InChI is InChI=1S/C19H18ClN3O3S/c1-12(15-5-3-4-6-16(15)20)21-17(24)11-27-19-23-22-18(26-19)13-7-9-14(25-2)10-8-13/h3-10,12H,11H2,1-2H3,(H,21,24)/t12-/m1/s1. The average molecular weight is 404 g/mol. The number of nitrogens with zero attached hydrogens (tertiary/aromatic N) is 2. The first kappa shape index (κ1) is 19.3. The third-order valence-electron chi connectivity index (χ3n) is 3.82. The summed E-state index contributed by atoms with van der Waals surface area (Å²) in [5.41, 5.74) is 1.66. The van der Waals surface area contributed by atoms with Crippen LogP contribution < -0.4 is 10.1 Å². The highest BCUT2D eigenvalue weighted by Crippen LogP contribution is 2.25. The van der Waals surface area contributed by atoms with E-state index >= 15 is 0 Å². The molecule has 1 atom stereocenters. The second-order valence-electron chi connectivity index (χ2n) is 5.70. The molecule has 0 aliphatic heterocycles. The molecular weight excluding hydrogens is 386 g/mol. The number of thioether (sulfide) groups is 1. The summed E-state index contributed by atoms with van der Waals surface area (Å²) in [6.45, 7) is 1.89. The first-order valence-corrected chi connectivity index (χ1v) is 9.57. The highest BCUT2D eigenvalue weighted by molar-refractivity contribution is 7.99. The molecular formula is C19H18ClN3O3S. The highest BCUT2D eigenvalue weighted by Gasteiger charge is 2.15. The minimum Gasteiger partial charge on any atom is -0.497 e. The third kappa shape index (κ3) is 5.02. The zero-order valence-corrected chi connectivity index (χ0v) is 16.4. The lowest BCUT2D eigenvalue weighted by atomic mass is 10.1. The summed E-state index contributed by atoms with van der Waals surface area (Å²) in [5, 5.41) is 11.9.